The number of methoxy groups -OCH3 is 1. The summed E-state index contributed by atoms with van der Waals surface area (Å²) in [4.78, 5) is 35.1. The van der Waals surface area contributed by atoms with Crippen molar-refractivity contribution in [2.45, 2.75) is 70.6 Å². The minimum atomic E-state index is -2.96. The number of imidazole rings is 1. The van der Waals surface area contributed by atoms with Crippen LogP contribution in [0, 0.1) is 5.92 Å². The molecule has 0 saturated heterocycles. The molecule has 1 fully saturated rings. The first-order chi connectivity index (χ1) is 18.3. The van der Waals surface area contributed by atoms with Gasteiger partial charge in [-0.2, -0.15) is 8.78 Å². The maximum Gasteiger partial charge on any atom is 0.414 e. The van der Waals surface area contributed by atoms with Gasteiger partial charge in [0, 0.05) is 30.3 Å². The zero-order valence-corrected chi connectivity index (χ0v) is 21.3. The average molecular weight is 529 g/mol. The molecule has 0 bridgehead atoms. The molecule has 1 amide bonds. The maximum absolute atomic E-state index is 12.8. The number of alkyl halides is 2. The number of carbonyl (C=O) groups excluding carboxylic acids is 1. The molecule has 1 aliphatic carbocycles. The van der Waals surface area contributed by atoms with Gasteiger partial charge in [-0.3, -0.25) is 14.7 Å². The van der Waals surface area contributed by atoms with E-state index < -0.39 is 24.6 Å². The molecule has 11 heteroatoms. The van der Waals surface area contributed by atoms with Crippen LogP contribution in [0.4, 0.5) is 19.3 Å². The number of pyridine rings is 1. The van der Waals surface area contributed by atoms with Crippen LogP contribution in [0.2, 0.25) is 0 Å². The van der Waals surface area contributed by atoms with Crippen molar-refractivity contribution in [1.82, 2.24) is 14.5 Å². The molecule has 5 rings (SSSR count). The first kappa shape index (κ1) is 25.9. The molecule has 38 heavy (non-hydrogen) atoms. The molecule has 3 aromatic rings. The molecule has 2 aliphatic rings. The van der Waals surface area contributed by atoms with Crippen molar-refractivity contribution in [3.05, 3.63) is 47.5 Å². The summed E-state index contributed by atoms with van der Waals surface area (Å²) in [5, 5.41) is 9.70. The van der Waals surface area contributed by atoms with Crippen molar-refractivity contribution >= 4 is 28.8 Å². The van der Waals surface area contributed by atoms with E-state index in [1.165, 1.54) is 19.4 Å². The van der Waals surface area contributed by atoms with Crippen LogP contribution in [-0.4, -0.2) is 51.5 Å². The third-order valence-electron chi connectivity index (χ3n) is 7.62. The standard InChI is InChI=1S/C27H30F2N4O5/c1-15-6-7-20-21(32(15)27(36)37-2)8-9-22-24(20)31-23(11-16-10-19(14-30-13-16)38-26(28)29)33(22)18-5-3-4-17(12-18)25(34)35/h8-10,13-15,17-18,26H,3-7,11-12H2,1-2H3,(H,34,35)/t15?,17-,18-/m1/s1. The number of carbonyl (C=O) groups is 2. The fraction of sp³-hybridized carbons (Fsp3) is 0.481. The summed E-state index contributed by atoms with van der Waals surface area (Å²) in [5.74, 6) is -0.605. The van der Waals surface area contributed by atoms with Crippen LogP contribution in [0.1, 0.15) is 62.0 Å². The topological polar surface area (TPSA) is 107 Å². The van der Waals surface area contributed by atoms with Crippen molar-refractivity contribution in [3.63, 3.8) is 0 Å². The molecular weight excluding hydrogens is 498 g/mol. The summed E-state index contributed by atoms with van der Waals surface area (Å²) in [5.41, 5.74) is 3.94. The van der Waals surface area contributed by atoms with E-state index in [0.29, 0.717) is 30.7 Å². The number of aromatic nitrogens is 3. The van der Waals surface area contributed by atoms with E-state index in [9.17, 15) is 23.5 Å². The SMILES string of the molecule is COC(=O)N1c2ccc3c(nc(Cc4cncc(OC(F)F)c4)n3[C@@H]3CCC[C@@H](C(=O)O)C3)c2CCC1C. The Kier molecular flexibility index (Phi) is 7.18. The Morgan fingerprint density at radius 3 is 2.76 bits per heavy atom. The lowest BCUT2D eigenvalue weighted by molar-refractivity contribution is -0.143. The first-order valence-corrected chi connectivity index (χ1v) is 12.8. The predicted octanol–water partition coefficient (Wildman–Crippen LogP) is 5.35. The highest BCUT2D eigenvalue weighted by molar-refractivity contribution is 5.95. The van der Waals surface area contributed by atoms with Gasteiger partial charge in [-0.1, -0.05) is 6.42 Å². The van der Waals surface area contributed by atoms with E-state index >= 15 is 0 Å². The lowest BCUT2D eigenvalue weighted by atomic mass is 9.85. The molecule has 202 valence electrons. The number of benzene rings is 1. The summed E-state index contributed by atoms with van der Waals surface area (Å²) in [6.07, 6.45) is 6.82. The quantitative estimate of drug-likeness (QED) is 0.460. The van der Waals surface area contributed by atoms with Crippen LogP contribution in [-0.2, 0) is 22.4 Å². The van der Waals surface area contributed by atoms with Gasteiger partial charge in [-0.15, -0.1) is 0 Å². The number of nitrogens with zero attached hydrogens (tertiary/aromatic N) is 4. The molecule has 1 N–H and O–H groups in total. The maximum atomic E-state index is 12.8. The van der Waals surface area contributed by atoms with Gasteiger partial charge >= 0.3 is 18.7 Å². The minimum Gasteiger partial charge on any atom is -0.481 e. The third kappa shape index (κ3) is 4.89. The fourth-order valence-corrected chi connectivity index (χ4v) is 5.89. The summed E-state index contributed by atoms with van der Waals surface area (Å²) in [6, 6.07) is 5.22. The number of fused-ring (bicyclic) bond motifs is 3. The van der Waals surface area contributed by atoms with E-state index in [2.05, 4.69) is 14.3 Å². The third-order valence-corrected chi connectivity index (χ3v) is 7.62. The highest BCUT2D eigenvalue weighted by atomic mass is 19.3. The number of carboxylic acids is 1. The Bertz CT molecular complexity index is 1360. The van der Waals surface area contributed by atoms with Crippen LogP contribution in [0.15, 0.2) is 30.6 Å². The predicted molar refractivity (Wildman–Crippen MR) is 135 cm³/mol. The Balaban J connectivity index is 1.62. The Labute approximate surface area is 218 Å². The van der Waals surface area contributed by atoms with Gasteiger partial charge in [0.2, 0.25) is 0 Å². The van der Waals surface area contributed by atoms with Crippen molar-refractivity contribution in [1.29, 1.82) is 0 Å². The number of aryl methyl sites for hydroxylation is 1. The lowest BCUT2D eigenvalue weighted by Gasteiger charge is -2.34. The molecule has 0 radical (unpaired) electrons. The van der Waals surface area contributed by atoms with Gasteiger partial charge in [0.1, 0.15) is 11.6 Å². The van der Waals surface area contributed by atoms with Crippen LogP contribution in [0.3, 0.4) is 0 Å². The molecule has 2 aromatic heterocycles. The lowest BCUT2D eigenvalue weighted by Crippen LogP contribution is -2.42. The van der Waals surface area contributed by atoms with Crippen LogP contribution in [0.25, 0.3) is 11.0 Å². The molecule has 1 aliphatic heterocycles. The van der Waals surface area contributed by atoms with Gasteiger partial charge < -0.3 is 19.1 Å². The highest BCUT2D eigenvalue weighted by Crippen LogP contribution is 2.41. The van der Waals surface area contributed by atoms with Gasteiger partial charge in [-0.25, -0.2) is 9.78 Å². The van der Waals surface area contributed by atoms with E-state index in [0.717, 1.165) is 48.0 Å². The number of rotatable bonds is 6. The second-order valence-corrected chi connectivity index (χ2v) is 10.00. The van der Waals surface area contributed by atoms with Crippen molar-refractivity contribution in [3.8, 4) is 5.75 Å². The second kappa shape index (κ2) is 10.5. The van der Waals surface area contributed by atoms with Crippen LogP contribution >= 0.6 is 0 Å². The first-order valence-electron chi connectivity index (χ1n) is 12.8. The summed E-state index contributed by atoms with van der Waals surface area (Å²) >= 11 is 0. The molecule has 0 spiro atoms. The highest BCUT2D eigenvalue weighted by Gasteiger charge is 2.34. The number of hydrogen-bond donors (Lipinski definition) is 1. The number of amides is 1. The number of carboxylic acid groups (broad SMARTS) is 1. The summed E-state index contributed by atoms with van der Waals surface area (Å²) in [7, 11) is 1.36. The fourth-order valence-electron chi connectivity index (χ4n) is 5.89. The number of aliphatic carboxylic acids is 1. The van der Waals surface area contributed by atoms with Crippen molar-refractivity contribution in [2.24, 2.45) is 5.92 Å². The van der Waals surface area contributed by atoms with Gasteiger partial charge in [0.25, 0.3) is 0 Å². The summed E-state index contributed by atoms with van der Waals surface area (Å²) in [6.45, 7) is -0.984. The van der Waals surface area contributed by atoms with E-state index in [1.807, 2.05) is 19.1 Å². The Morgan fingerprint density at radius 2 is 2.03 bits per heavy atom. The molecular formula is C27H30F2N4O5. The normalized spacial score (nSPS) is 21.4. The molecule has 1 saturated carbocycles. The van der Waals surface area contributed by atoms with E-state index in [-0.39, 0.29) is 17.8 Å². The second-order valence-electron chi connectivity index (χ2n) is 10.00. The Morgan fingerprint density at radius 1 is 1.21 bits per heavy atom. The van der Waals surface area contributed by atoms with Crippen LogP contribution in [0.5, 0.6) is 5.75 Å². The number of anilines is 1. The van der Waals surface area contributed by atoms with Crippen molar-refractivity contribution in [2.75, 3.05) is 12.0 Å². The van der Waals surface area contributed by atoms with Crippen LogP contribution < -0.4 is 9.64 Å². The number of halogens is 2. The van der Waals surface area contributed by atoms with Gasteiger partial charge in [-0.05, 0) is 62.8 Å². The number of ether oxygens (including phenoxy) is 2. The largest absolute Gasteiger partial charge is 0.481 e. The molecule has 9 nitrogen and oxygen atoms in total. The Hall–Kier alpha value is -3.76. The molecule has 3 atom stereocenters. The minimum absolute atomic E-state index is 0.0349. The van der Waals surface area contributed by atoms with E-state index in [4.69, 9.17) is 9.72 Å². The molecule has 1 aromatic carbocycles. The van der Waals surface area contributed by atoms with E-state index in [1.54, 1.807) is 11.1 Å². The monoisotopic (exact) mass is 528 g/mol. The molecule has 1 unspecified atom stereocenters. The zero-order valence-electron chi connectivity index (χ0n) is 21.3. The van der Waals surface area contributed by atoms with Gasteiger partial charge in [0.05, 0.1) is 35.9 Å². The van der Waals surface area contributed by atoms with Crippen molar-refractivity contribution < 1.29 is 33.0 Å². The number of hydrogen-bond acceptors (Lipinski definition) is 6. The average Bonchev–Trinajstić information content (AvgIpc) is 3.26. The smallest absolute Gasteiger partial charge is 0.414 e. The summed E-state index contributed by atoms with van der Waals surface area (Å²) < 4.78 is 37.2. The molecule has 3 heterocycles. The van der Waals surface area contributed by atoms with Gasteiger partial charge in [0.15, 0.2) is 0 Å². The zero-order chi connectivity index (χ0) is 27.0.